The number of hydrogen-bond acceptors (Lipinski definition) is 4. The molecule has 2 aromatic heterocycles. The second-order valence-corrected chi connectivity index (χ2v) is 5.17. The Bertz CT molecular complexity index is 645. The Kier molecular flexibility index (Phi) is 2.73. The van der Waals surface area contributed by atoms with E-state index in [1.807, 2.05) is 24.3 Å². The quantitative estimate of drug-likeness (QED) is 0.710. The predicted molar refractivity (Wildman–Crippen MR) is 69.5 cm³/mol. The summed E-state index contributed by atoms with van der Waals surface area (Å²) < 4.78 is 11.3. The lowest BCUT2D eigenvalue weighted by molar-refractivity contribution is 0.601. The van der Waals surface area contributed by atoms with E-state index in [0.29, 0.717) is 17.1 Å². The molecular weight excluding hydrogens is 248 g/mol. The molecule has 0 saturated heterocycles. The number of rotatable bonds is 2. The van der Waals surface area contributed by atoms with Crippen LogP contribution in [0.4, 0.5) is 0 Å². The molecule has 6 heteroatoms. The summed E-state index contributed by atoms with van der Waals surface area (Å²) in [6, 6.07) is 7.43. The van der Waals surface area contributed by atoms with Gasteiger partial charge in [-0.1, -0.05) is 0 Å². The van der Waals surface area contributed by atoms with Crippen LogP contribution in [0.25, 0.3) is 22.7 Å². The standard InChI is InChI=1S/C12H10N4OS/c1-18(17)9-4-2-8(3-5-9)10-15-11-12(16-10)14-7-6-13-11/h2-7H,1H3,(H,13,14,15,16). The SMILES string of the molecule is C[S+]([O-])c1ccc(-c2nc3nccnc3[nH]2)cc1. The zero-order chi connectivity index (χ0) is 12.5. The predicted octanol–water partition coefficient (Wildman–Crippen LogP) is 1.76. The van der Waals surface area contributed by atoms with Crippen LogP contribution in [0.15, 0.2) is 41.6 Å². The van der Waals surface area contributed by atoms with Crippen molar-refractivity contribution in [2.75, 3.05) is 6.26 Å². The molecule has 1 atom stereocenters. The van der Waals surface area contributed by atoms with Crippen molar-refractivity contribution in [1.29, 1.82) is 0 Å². The lowest BCUT2D eigenvalue weighted by Crippen LogP contribution is -1.96. The average Bonchev–Trinajstić information content (AvgIpc) is 2.82. The minimum atomic E-state index is -0.964. The summed E-state index contributed by atoms with van der Waals surface area (Å²) in [5.41, 5.74) is 2.18. The Morgan fingerprint density at radius 1 is 1.11 bits per heavy atom. The van der Waals surface area contributed by atoms with Crippen molar-refractivity contribution in [3.8, 4) is 11.4 Å². The molecule has 0 fully saturated rings. The fourth-order valence-corrected chi connectivity index (χ4v) is 2.21. The molecule has 18 heavy (non-hydrogen) atoms. The smallest absolute Gasteiger partial charge is 0.197 e. The number of aromatic amines is 1. The van der Waals surface area contributed by atoms with Gasteiger partial charge in [-0.3, -0.25) is 0 Å². The summed E-state index contributed by atoms with van der Waals surface area (Å²) in [7, 11) is 0. The summed E-state index contributed by atoms with van der Waals surface area (Å²) >= 11 is -0.964. The van der Waals surface area contributed by atoms with E-state index >= 15 is 0 Å². The number of nitrogens with zero attached hydrogens (tertiary/aromatic N) is 3. The van der Waals surface area contributed by atoms with Gasteiger partial charge >= 0.3 is 0 Å². The molecule has 90 valence electrons. The van der Waals surface area contributed by atoms with Crippen LogP contribution in [0.1, 0.15) is 0 Å². The molecule has 5 nitrogen and oxygen atoms in total. The normalized spacial score (nSPS) is 12.8. The first kappa shape index (κ1) is 11.2. The largest absolute Gasteiger partial charge is 0.612 e. The van der Waals surface area contributed by atoms with Crippen LogP contribution in [0.2, 0.25) is 0 Å². The van der Waals surface area contributed by atoms with Gasteiger partial charge in [-0.05, 0) is 35.4 Å². The van der Waals surface area contributed by atoms with Crippen molar-refractivity contribution >= 4 is 22.5 Å². The molecule has 0 bridgehead atoms. The molecular formula is C12H10N4OS. The molecule has 3 aromatic rings. The first-order chi connectivity index (χ1) is 8.74. The first-order valence-corrected chi connectivity index (χ1v) is 6.90. The summed E-state index contributed by atoms with van der Waals surface area (Å²) in [6.07, 6.45) is 4.88. The van der Waals surface area contributed by atoms with Crippen molar-refractivity contribution in [2.24, 2.45) is 0 Å². The number of hydrogen-bond donors (Lipinski definition) is 1. The molecule has 2 heterocycles. The van der Waals surface area contributed by atoms with E-state index in [4.69, 9.17) is 0 Å². The number of fused-ring (bicyclic) bond motifs is 1. The monoisotopic (exact) mass is 258 g/mol. The Balaban J connectivity index is 2.03. The van der Waals surface area contributed by atoms with Gasteiger partial charge in [-0.15, -0.1) is 0 Å². The first-order valence-electron chi connectivity index (χ1n) is 5.34. The van der Waals surface area contributed by atoms with Crippen LogP contribution in [0, 0.1) is 0 Å². The third-order valence-corrected chi connectivity index (χ3v) is 3.53. The van der Waals surface area contributed by atoms with Gasteiger partial charge in [0.25, 0.3) is 0 Å². The van der Waals surface area contributed by atoms with Crippen molar-refractivity contribution in [1.82, 2.24) is 19.9 Å². The molecule has 0 aliphatic heterocycles. The van der Waals surface area contributed by atoms with E-state index in [9.17, 15) is 4.55 Å². The van der Waals surface area contributed by atoms with Crippen LogP contribution in [-0.2, 0) is 11.2 Å². The second-order valence-electron chi connectivity index (χ2n) is 3.79. The van der Waals surface area contributed by atoms with Crippen LogP contribution < -0.4 is 0 Å². The Morgan fingerprint density at radius 3 is 2.50 bits per heavy atom. The molecule has 0 aliphatic carbocycles. The number of imidazole rings is 1. The van der Waals surface area contributed by atoms with Crippen LogP contribution in [0.3, 0.4) is 0 Å². The third-order valence-electron chi connectivity index (χ3n) is 2.59. The molecule has 0 amide bonds. The van der Waals surface area contributed by atoms with Crippen LogP contribution >= 0.6 is 0 Å². The van der Waals surface area contributed by atoms with Gasteiger partial charge in [0.2, 0.25) is 0 Å². The van der Waals surface area contributed by atoms with E-state index in [2.05, 4.69) is 19.9 Å². The summed E-state index contributed by atoms with van der Waals surface area (Å²) in [6.45, 7) is 0. The van der Waals surface area contributed by atoms with E-state index in [0.717, 1.165) is 10.5 Å². The second kappa shape index (κ2) is 4.40. The molecule has 0 saturated carbocycles. The number of benzene rings is 1. The fourth-order valence-electron chi connectivity index (χ4n) is 1.69. The summed E-state index contributed by atoms with van der Waals surface area (Å²) in [5.74, 6) is 0.713. The van der Waals surface area contributed by atoms with Crippen LogP contribution in [-0.4, -0.2) is 30.7 Å². The Labute approximate surface area is 106 Å². The molecule has 0 radical (unpaired) electrons. The van der Waals surface area contributed by atoms with Crippen molar-refractivity contribution in [2.45, 2.75) is 4.90 Å². The number of H-pyrrole nitrogens is 1. The van der Waals surface area contributed by atoms with E-state index in [1.54, 1.807) is 18.6 Å². The van der Waals surface area contributed by atoms with Gasteiger partial charge in [0.05, 0.1) is 0 Å². The highest BCUT2D eigenvalue weighted by atomic mass is 32.2. The minimum Gasteiger partial charge on any atom is -0.612 e. The molecule has 1 aromatic carbocycles. The lowest BCUT2D eigenvalue weighted by atomic mass is 10.2. The highest BCUT2D eigenvalue weighted by molar-refractivity contribution is 7.90. The molecule has 0 spiro atoms. The van der Waals surface area contributed by atoms with Crippen LogP contribution in [0.5, 0.6) is 0 Å². The Hall–Kier alpha value is -1.92. The zero-order valence-corrected chi connectivity index (χ0v) is 10.4. The Morgan fingerprint density at radius 2 is 1.83 bits per heavy atom. The molecule has 1 N–H and O–H groups in total. The maximum absolute atomic E-state index is 11.3. The maximum Gasteiger partial charge on any atom is 0.197 e. The highest BCUT2D eigenvalue weighted by Gasteiger charge is 2.08. The minimum absolute atomic E-state index is 0.593. The summed E-state index contributed by atoms with van der Waals surface area (Å²) in [4.78, 5) is 16.5. The highest BCUT2D eigenvalue weighted by Crippen LogP contribution is 2.20. The van der Waals surface area contributed by atoms with Crippen molar-refractivity contribution in [3.05, 3.63) is 36.7 Å². The number of nitrogens with one attached hydrogen (secondary N) is 1. The van der Waals surface area contributed by atoms with Gasteiger partial charge in [-0.2, -0.15) is 0 Å². The number of aromatic nitrogens is 4. The third kappa shape index (κ3) is 1.96. The maximum atomic E-state index is 11.3. The van der Waals surface area contributed by atoms with Crippen molar-refractivity contribution < 1.29 is 4.55 Å². The lowest BCUT2D eigenvalue weighted by Gasteiger charge is -2.03. The van der Waals surface area contributed by atoms with Gasteiger partial charge in [0.1, 0.15) is 12.1 Å². The average molecular weight is 258 g/mol. The van der Waals surface area contributed by atoms with E-state index in [1.165, 1.54) is 0 Å². The van der Waals surface area contributed by atoms with E-state index < -0.39 is 11.2 Å². The van der Waals surface area contributed by atoms with Crippen molar-refractivity contribution in [3.63, 3.8) is 0 Å². The van der Waals surface area contributed by atoms with E-state index in [-0.39, 0.29) is 0 Å². The van der Waals surface area contributed by atoms with Gasteiger partial charge in [0, 0.05) is 18.0 Å². The molecule has 3 rings (SSSR count). The summed E-state index contributed by atoms with van der Waals surface area (Å²) in [5, 5.41) is 0. The zero-order valence-electron chi connectivity index (χ0n) is 9.62. The van der Waals surface area contributed by atoms with Gasteiger partial charge in [-0.25, -0.2) is 15.0 Å². The molecule has 0 aliphatic rings. The topological polar surface area (TPSA) is 77.5 Å². The fraction of sp³-hybridized carbons (Fsp3) is 0.0833. The van der Waals surface area contributed by atoms with Gasteiger partial charge < -0.3 is 9.54 Å². The molecule has 1 unspecified atom stereocenters. The van der Waals surface area contributed by atoms with Gasteiger partial charge in [0.15, 0.2) is 16.2 Å².